The number of fused-ring (bicyclic) bond motifs is 2. The number of anilines is 1. The third kappa shape index (κ3) is 4.77. The molecule has 2 fully saturated rings. The number of rotatable bonds is 7. The smallest absolute Gasteiger partial charge is 0.341 e. The van der Waals surface area contributed by atoms with Crippen molar-refractivity contribution in [3.05, 3.63) is 75.6 Å². The van der Waals surface area contributed by atoms with Gasteiger partial charge in [0.2, 0.25) is 17.7 Å². The maximum atomic E-state index is 14.2. The zero-order chi connectivity index (χ0) is 29.7. The summed E-state index contributed by atoms with van der Waals surface area (Å²) in [4.78, 5) is 57.1. The Labute approximate surface area is 248 Å². The number of hydrogen-bond acceptors (Lipinski definition) is 6. The summed E-state index contributed by atoms with van der Waals surface area (Å²) < 4.78 is 5.11. The van der Waals surface area contributed by atoms with E-state index in [0.717, 1.165) is 10.4 Å². The number of benzene rings is 2. The van der Waals surface area contributed by atoms with Crippen molar-refractivity contribution in [2.24, 2.45) is 16.7 Å². The number of thiophene rings is 1. The molecule has 3 aromatic rings. The van der Waals surface area contributed by atoms with E-state index < -0.39 is 28.7 Å². The lowest BCUT2D eigenvalue weighted by atomic mass is 9.62. The number of hydrogen-bond donors (Lipinski definition) is 1. The first-order valence-corrected chi connectivity index (χ1v) is 14.8. The number of nitrogens with one attached hydrogen (secondary N) is 1. The van der Waals surface area contributed by atoms with E-state index >= 15 is 0 Å². The van der Waals surface area contributed by atoms with E-state index in [-0.39, 0.29) is 29.7 Å². The fourth-order valence-corrected chi connectivity index (χ4v) is 7.66. The Balaban J connectivity index is 1.57. The minimum Gasteiger partial charge on any atom is -0.465 e. The van der Waals surface area contributed by atoms with Crippen LogP contribution in [0.4, 0.5) is 5.00 Å². The van der Waals surface area contributed by atoms with Gasteiger partial charge in [-0.2, -0.15) is 0 Å². The Kier molecular flexibility index (Phi) is 7.59. The van der Waals surface area contributed by atoms with Crippen LogP contribution in [0.2, 0.25) is 5.02 Å². The number of imide groups is 1. The molecule has 2 bridgehead atoms. The lowest BCUT2D eigenvalue weighted by Crippen LogP contribution is -2.64. The van der Waals surface area contributed by atoms with Crippen LogP contribution in [-0.4, -0.2) is 41.7 Å². The van der Waals surface area contributed by atoms with E-state index in [1.165, 1.54) is 23.3 Å². The number of esters is 1. The molecule has 0 radical (unpaired) electrons. The molecule has 5 rings (SSSR count). The van der Waals surface area contributed by atoms with Gasteiger partial charge in [0, 0.05) is 27.8 Å². The van der Waals surface area contributed by atoms with Crippen LogP contribution >= 0.6 is 22.9 Å². The molecular formula is C32H33ClN2O5S. The number of amides is 3. The van der Waals surface area contributed by atoms with Crippen molar-refractivity contribution in [2.75, 3.05) is 12.4 Å². The molecule has 3 amide bonds. The molecule has 9 heteroatoms. The van der Waals surface area contributed by atoms with Crippen LogP contribution in [0, 0.1) is 23.7 Å². The van der Waals surface area contributed by atoms with Crippen LogP contribution in [0.1, 0.15) is 54.4 Å². The first kappa shape index (κ1) is 29.0. The van der Waals surface area contributed by atoms with E-state index in [0.29, 0.717) is 34.0 Å². The first-order valence-electron chi connectivity index (χ1n) is 13.6. The largest absolute Gasteiger partial charge is 0.465 e. The molecule has 1 aliphatic carbocycles. The van der Waals surface area contributed by atoms with Crippen molar-refractivity contribution in [3.63, 3.8) is 0 Å². The second-order valence-electron chi connectivity index (χ2n) is 11.6. The van der Waals surface area contributed by atoms with Crippen molar-refractivity contribution in [3.8, 4) is 11.1 Å². The van der Waals surface area contributed by atoms with E-state index in [2.05, 4.69) is 5.32 Å². The number of carbonyl (C=O) groups is 4. The minimum absolute atomic E-state index is 0.145. The van der Waals surface area contributed by atoms with Crippen molar-refractivity contribution < 1.29 is 23.9 Å². The van der Waals surface area contributed by atoms with Gasteiger partial charge in [-0.05, 0) is 48.4 Å². The van der Waals surface area contributed by atoms with Gasteiger partial charge in [-0.1, -0.05) is 74.8 Å². The van der Waals surface area contributed by atoms with Gasteiger partial charge in [0.1, 0.15) is 16.6 Å². The molecule has 2 heterocycles. The molecule has 1 aromatic heterocycles. The molecule has 41 heavy (non-hydrogen) atoms. The fraction of sp³-hybridized carbons (Fsp3) is 0.375. The third-order valence-electron chi connectivity index (χ3n) is 9.16. The van der Waals surface area contributed by atoms with Crippen LogP contribution < -0.4 is 5.32 Å². The summed E-state index contributed by atoms with van der Waals surface area (Å²) in [5.41, 5.74) is 1.05. The zero-order valence-corrected chi connectivity index (χ0v) is 25.3. The number of aryl methyl sites for hydroxylation is 1. The van der Waals surface area contributed by atoms with Crippen LogP contribution in [0.15, 0.2) is 54.6 Å². The normalized spacial score (nSPS) is 22.0. The van der Waals surface area contributed by atoms with Crippen molar-refractivity contribution >= 4 is 51.6 Å². The Hall–Kier alpha value is -3.49. The fourth-order valence-electron chi connectivity index (χ4n) is 6.40. The maximum Gasteiger partial charge on any atom is 0.341 e. The van der Waals surface area contributed by atoms with Gasteiger partial charge in [0.25, 0.3) is 0 Å². The molecule has 3 atom stereocenters. The van der Waals surface area contributed by atoms with Crippen molar-refractivity contribution in [1.82, 2.24) is 4.90 Å². The standard InChI is InChI=1S/C32H33ClN2O5S/c1-18-24(20-12-9-13-21(33)17-20)25(29(38)40-5)27(41-18)34-26(36)23(16-19-10-7-6-8-11-19)35-28(37)22-14-15-32(4,30(35)39)31(22,2)3/h6-13,17,22-23H,14-16H2,1-5H3,(H,34,36). The highest BCUT2D eigenvalue weighted by atomic mass is 35.5. The van der Waals surface area contributed by atoms with Crippen molar-refractivity contribution in [2.45, 2.75) is 53.0 Å². The number of nitrogens with zero attached hydrogens (tertiary/aromatic N) is 1. The Morgan fingerprint density at radius 2 is 1.83 bits per heavy atom. The molecule has 7 nitrogen and oxygen atoms in total. The van der Waals surface area contributed by atoms with E-state index in [4.69, 9.17) is 16.3 Å². The molecule has 0 spiro atoms. The second-order valence-corrected chi connectivity index (χ2v) is 13.3. The average molecular weight is 593 g/mol. The van der Waals surface area contributed by atoms with Gasteiger partial charge >= 0.3 is 5.97 Å². The van der Waals surface area contributed by atoms with E-state index in [9.17, 15) is 19.2 Å². The van der Waals surface area contributed by atoms with Gasteiger partial charge in [-0.15, -0.1) is 11.3 Å². The summed E-state index contributed by atoms with van der Waals surface area (Å²) in [6, 6.07) is 15.3. The molecule has 1 saturated carbocycles. The average Bonchev–Trinajstić information content (AvgIpc) is 3.35. The summed E-state index contributed by atoms with van der Waals surface area (Å²) >= 11 is 7.48. The number of carbonyl (C=O) groups excluding carboxylic acids is 4. The number of piperidine rings is 1. The highest BCUT2D eigenvalue weighted by Gasteiger charge is 2.65. The summed E-state index contributed by atoms with van der Waals surface area (Å²) in [6.45, 7) is 7.70. The maximum absolute atomic E-state index is 14.2. The number of methoxy groups -OCH3 is 1. The highest BCUT2D eigenvalue weighted by molar-refractivity contribution is 7.17. The van der Waals surface area contributed by atoms with Crippen LogP contribution in [0.5, 0.6) is 0 Å². The molecule has 1 saturated heterocycles. The van der Waals surface area contributed by atoms with Crippen LogP contribution in [-0.2, 0) is 25.5 Å². The van der Waals surface area contributed by atoms with Gasteiger partial charge in [-0.25, -0.2) is 4.79 Å². The molecular weight excluding hydrogens is 560 g/mol. The quantitative estimate of drug-likeness (QED) is 0.249. The van der Waals surface area contributed by atoms with Crippen LogP contribution in [0.3, 0.4) is 0 Å². The summed E-state index contributed by atoms with van der Waals surface area (Å²) in [6.07, 6.45) is 1.33. The van der Waals surface area contributed by atoms with E-state index in [1.807, 2.05) is 64.1 Å². The summed E-state index contributed by atoms with van der Waals surface area (Å²) in [7, 11) is 1.28. The number of halogens is 1. The topological polar surface area (TPSA) is 92.8 Å². The van der Waals surface area contributed by atoms with Crippen molar-refractivity contribution in [1.29, 1.82) is 0 Å². The molecule has 2 aromatic carbocycles. The third-order valence-corrected chi connectivity index (χ3v) is 10.4. The van der Waals surface area contributed by atoms with Gasteiger partial charge in [0.15, 0.2) is 0 Å². The molecule has 214 valence electrons. The van der Waals surface area contributed by atoms with Gasteiger partial charge in [0.05, 0.1) is 12.5 Å². The Morgan fingerprint density at radius 3 is 2.49 bits per heavy atom. The van der Waals surface area contributed by atoms with E-state index in [1.54, 1.807) is 18.2 Å². The monoisotopic (exact) mass is 592 g/mol. The molecule has 1 N–H and O–H groups in total. The van der Waals surface area contributed by atoms with Gasteiger partial charge in [-0.3, -0.25) is 19.3 Å². The predicted octanol–water partition coefficient (Wildman–Crippen LogP) is 6.52. The summed E-state index contributed by atoms with van der Waals surface area (Å²) in [5, 5.41) is 3.71. The second kappa shape index (κ2) is 10.7. The Bertz CT molecular complexity index is 1550. The molecule has 3 unspecified atom stereocenters. The first-order chi connectivity index (χ1) is 19.4. The SMILES string of the molecule is COC(=O)c1c(NC(=O)C(Cc2ccccc2)N2C(=O)C3CCC(C)(C2=O)C3(C)C)sc(C)c1-c1cccc(Cl)c1. The lowest BCUT2D eigenvalue weighted by Gasteiger charge is -2.49. The van der Waals surface area contributed by atoms with Crippen LogP contribution in [0.25, 0.3) is 11.1 Å². The molecule has 2 aliphatic rings. The minimum atomic E-state index is -1.10. The summed E-state index contributed by atoms with van der Waals surface area (Å²) in [5.74, 6) is -2.16. The number of ether oxygens (including phenoxy) is 1. The predicted molar refractivity (Wildman–Crippen MR) is 160 cm³/mol. The Morgan fingerprint density at radius 1 is 1.12 bits per heavy atom. The zero-order valence-electron chi connectivity index (χ0n) is 23.7. The highest BCUT2D eigenvalue weighted by Crippen LogP contribution is 2.60. The molecule has 1 aliphatic heterocycles. The van der Waals surface area contributed by atoms with Gasteiger partial charge < -0.3 is 10.1 Å². The lowest BCUT2D eigenvalue weighted by molar-refractivity contribution is -0.172. The number of likely N-dealkylation sites (tertiary alicyclic amines) is 1.